The first kappa shape index (κ1) is 12.5. The third-order valence-corrected chi connectivity index (χ3v) is 5.38. The average molecular weight is 222 g/mol. The summed E-state index contributed by atoms with van der Waals surface area (Å²) in [5.74, 6) is 0. The van der Waals surface area contributed by atoms with Crippen LogP contribution >= 0.6 is 0 Å². The molecule has 0 saturated carbocycles. The lowest BCUT2D eigenvalue weighted by Gasteiger charge is -2.20. The van der Waals surface area contributed by atoms with Crippen LogP contribution in [0.15, 0.2) is 30.3 Å². The molecule has 0 amide bonds. The van der Waals surface area contributed by atoms with Gasteiger partial charge in [-0.1, -0.05) is 57.5 Å². The van der Waals surface area contributed by atoms with E-state index in [4.69, 9.17) is 4.43 Å². The highest BCUT2D eigenvalue weighted by Crippen LogP contribution is 2.09. The molecule has 1 nitrogen and oxygen atoms in total. The van der Waals surface area contributed by atoms with Crippen LogP contribution in [0, 0.1) is 0 Å². The molecule has 2 heteroatoms. The summed E-state index contributed by atoms with van der Waals surface area (Å²) in [7, 11) is -1.20. The summed E-state index contributed by atoms with van der Waals surface area (Å²) in [6.45, 7) is 7.68. The van der Waals surface area contributed by atoms with Crippen LogP contribution in [0.5, 0.6) is 0 Å². The van der Waals surface area contributed by atoms with Crippen LogP contribution in [0.25, 0.3) is 0 Å². The van der Waals surface area contributed by atoms with E-state index < -0.39 is 9.04 Å². The second kappa shape index (κ2) is 6.80. The van der Waals surface area contributed by atoms with Crippen LogP contribution in [0.4, 0.5) is 0 Å². The van der Waals surface area contributed by atoms with Gasteiger partial charge in [0.2, 0.25) is 9.04 Å². The number of benzene rings is 1. The van der Waals surface area contributed by atoms with Crippen LogP contribution < -0.4 is 5.19 Å². The second-order valence-corrected chi connectivity index (χ2v) is 7.47. The standard InChI is InChI=1S/C13H22OSi/c1-4-5-11-14-15(12(2)3)13-9-7-6-8-10-13/h6-10,12,15H,4-5,11H2,1-3H3. The zero-order valence-corrected chi connectivity index (χ0v) is 11.2. The minimum absolute atomic E-state index is 0.671. The summed E-state index contributed by atoms with van der Waals surface area (Å²) in [5.41, 5.74) is 0.671. The molecule has 1 aromatic rings. The molecule has 0 spiro atoms. The number of unbranched alkanes of at least 4 members (excludes halogenated alkanes) is 1. The first-order valence-electron chi connectivity index (χ1n) is 5.92. The van der Waals surface area contributed by atoms with Gasteiger partial charge in [-0.3, -0.25) is 0 Å². The van der Waals surface area contributed by atoms with Crippen LogP contribution in [-0.4, -0.2) is 15.6 Å². The summed E-state index contributed by atoms with van der Waals surface area (Å²) in [5, 5.41) is 1.43. The molecule has 0 saturated heterocycles. The van der Waals surface area contributed by atoms with Crippen molar-refractivity contribution in [3.63, 3.8) is 0 Å². The van der Waals surface area contributed by atoms with E-state index >= 15 is 0 Å². The molecule has 0 radical (unpaired) electrons. The molecule has 1 aromatic carbocycles. The van der Waals surface area contributed by atoms with Crippen molar-refractivity contribution >= 4 is 14.2 Å². The van der Waals surface area contributed by atoms with Gasteiger partial charge < -0.3 is 4.43 Å². The van der Waals surface area contributed by atoms with Crippen molar-refractivity contribution in [1.82, 2.24) is 0 Å². The first-order chi connectivity index (χ1) is 7.25. The van der Waals surface area contributed by atoms with Crippen LogP contribution in [-0.2, 0) is 4.43 Å². The Bertz CT molecular complexity index is 258. The maximum atomic E-state index is 6.07. The first-order valence-corrected chi connectivity index (χ1v) is 7.63. The topological polar surface area (TPSA) is 9.23 Å². The number of rotatable bonds is 6. The van der Waals surface area contributed by atoms with Crippen LogP contribution in [0.3, 0.4) is 0 Å². The highest BCUT2D eigenvalue weighted by atomic mass is 28.3. The molecule has 84 valence electrons. The van der Waals surface area contributed by atoms with E-state index in [0.29, 0.717) is 5.54 Å². The van der Waals surface area contributed by atoms with Gasteiger partial charge in [0.05, 0.1) is 0 Å². The normalized spacial score (nSPS) is 13.1. The SMILES string of the molecule is CCCCO[SiH](c1ccccc1)C(C)C. The molecule has 0 fully saturated rings. The quantitative estimate of drug-likeness (QED) is 0.531. The van der Waals surface area contributed by atoms with E-state index in [1.807, 2.05) is 0 Å². The van der Waals surface area contributed by atoms with E-state index in [9.17, 15) is 0 Å². The Balaban J connectivity index is 2.58. The molecule has 1 rings (SSSR count). The van der Waals surface area contributed by atoms with Gasteiger partial charge in [-0.15, -0.1) is 0 Å². The number of hydrogen-bond donors (Lipinski definition) is 0. The Kier molecular flexibility index (Phi) is 5.65. The van der Waals surface area contributed by atoms with Gasteiger partial charge in [-0.05, 0) is 17.1 Å². The lowest BCUT2D eigenvalue weighted by atomic mass is 10.4. The van der Waals surface area contributed by atoms with E-state index in [0.717, 1.165) is 6.61 Å². The van der Waals surface area contributed by atoms with Crippen molar-refractivity contribution in [3.8, 4) is 0 Å². The molecule has 0 aliphatic carbocycles. The zero-order chi connectivity index (χ0) is 11.1. The third kappa shape index (κ3) is 4.18. The summed E-state index contributed by atoms with van der Waals surface area (Å²) < 4.78 is 6.07. The van der Waals surface area contributed by atoms with Gasteiger partial charge in [-0.2, -0.15) is 0 Å². The van der Waals surface area contributed by atoms with Gasteiger partial charge in [0.1, 0.15) is 0 Å². The lowest BCUT2D eigenvalue weighted by molar-refractivity contribution is 0.312. The molecule has 0 heterocycles. The summed E-state index contributed by atoms with van der Waals surface area (Å²) >= 11 is 0. The Labute approximate surface area is 95.2 Å². The highest BCUT2D eigenvalue weighted by Gasteiger charge is 2.18. The van der Waals surface area contributed by atoms with Crippen molar-refractivity contribution in [2.24, 2.45) is 0 Å². The average Bonchev–Trinajstić information content (AvgIpc) is 2.25. The predicted molar refractivity (Wildman–Crippen MR) is 69.2 cm³/mol. The smallest absolute Gasteiger partial charge is 0.210 e. The van der Waals surface area contributed by atoms with E-state index in [2.05, 4.69) is 51.1 Å². The maximum Gasteiger partial charge on any atom is 0.210 e. The predicted octanol–water partition coefficient (Wildman–Crippen LogP) is 2.84. The summed E-state index contributed by atoms with van der Waals surface area (Å²) in [4.78, 5) is 0. The highest BCUT2D eigenvalue weighted by molar-refractivity contribution is 6.68. The maximum absolute atomic E-state index is 6.07. The van der Waals surface area contributed by atoms with Gasteiger partial charge in [0.25, 0.3) is 0 Å². The van der Waals surface area contributed by atoms with Crippen molar-refractivity contribution < 1.29 is 4.43 Å². The Morgan fingerprint density at radius 1 is 1.20 bits per heavy atom. The number of hydrogen-bond acceptors (Lipinski definition) is 1. The molecule has 1 atom stereocenters. The summed E-state index contributed by atoms with van der Waals surface area (Å²) in [6.07, 6.45) is 2.40. The van der Waals surface area contributed by atoms with Crippen LogP contribution in [0.1, 0.15) is 33.6 Å². The Morgan fingerprint density at radius 3 is 2.40 bits per heavy atom. The fourth-order valence-electron chi connectivity index (χ4n) is 1.67. The monoisotopic (exact) mass is 222 g/mol. The lowest BCUT2D eigenvalue weighted by Crippen LogP contribution is -2.36. The largest absolute Gasteiger partial charge is 0.415 e. The Morgan fingerprint density at radius 2 is 1.87 bits per heavy atom. The molecule has 0 aliphatic rings. The van der Waals surface area contributed by atoms with Gasteiger partial charge >= 0.3 is 0 Å². The van der Waals surface area contributed by atoms with Gasteiger partial charge in [0.15, 0.2) is 0 Å². The van der Waals surface area contributed by atoms with Crippen LogP contribution in [0.2, 0.25) is 5.54 Å². The third-order valence-electron chi connectivity index (χ3n) is 2.53. The minimum atomic E-state index is -1.20. The van der Waals surface area contributed by atoms with Gasteiger partial charge in [0, 0.05) is 6.61 Å². The minimum Gasteiger partial charge on any atom is -0.415 e. The van der Waals surface area contributed by atoms with Gasteiger partial charge in [-0.25, -0.2) is 0 Å². The summed E-state index contributed by atoms with van der Waals surface area (Å²) in [6, 6.07) is 10.7. The van der Waals surface area contributed by atoms with Crippen molar-refractivity contribution in [2.75, 3.05) is 6.61 Å². The second-order valence-electron chi connectivity index (χ2n) is 4.30. The molecular formula is C13H22OSi. The molecule has 15 heavy (non-hydrogen) atoms. The molecule has 0 aromatic heterocycles. The fourth-order valence-corrected chi connectivity index (χ4v) is 4.04. The molecule has 1 unspecified atom stereocenters. The molecule has 0 aliphatic heterocycles. The fraction of sp³-hybridized carbons (Fsp3) is 0.538. The Hall–Kier alpha value is -0.603. The molecular weight excluding hydrogens is 200 g/mol. The van der Waals surface area contributed by atoms with Crippen molar-refractivity contribution in [1.29, 1.82) is 0 Å². The van der Waals surface area contributed by atoms with Crippen molar-refractivity contribution in [2.45, 2.75) is 39.2 Å². The van der Waals surface area contributed by atoms with E-state index in [1.165, 1.54) is 18.0 Å². The molecule has 0 bridgehead atoms. The molecule has 0 N–H and O–H groups in total. The van der Waals surface area contributed by atoms with E-state index in [-0.39, 0.29) is 0 Å². The zero-order valence-electron chi connectivity index (χ0n) is 10.1. The van der Waals surface area contributed by atoms with Crippen molar-refractivity contribution in [3.05, 3.63) is 30.3 Å². The van der Waals surface area contributed by atoms with E-state index in [1.54, 1.807) is 0 Å².